The molecule has 1 aromatic heterocycles. The van der Waals surface area contributed by atoms with E-state index in [1.54, 1.807) is 23.1 Å². The van der Waals surface area contributed by atoms with Crippen LogP contribution in [0.1, 0.15) is 24.2 Å². The van der Waals surface area contributed by atoms with Crippen molar-refractivity contribution in [3.05, 3.63) is 84.2 Å². The lowest BCUT2D eigenvalue weighted by Crippen LogP contribution is -2.39. The summed E-state index contributed by atoms with van der Waals surface area (Å²) in [6, 6.07) is 18.6. The summed E-state index contributed by atoms with van der Waals surface area (Å²) in [6.45, 7) is 6.83. The molecule has 4 aromatic rings. The summed E-state index contributed by atoms with van der Waals surface area (Å²) in [5, 5.41) is 0.546. The van der Waals surface area contributed by atoms with Gasteiger partial charge in [0.2, 0.25) is 0 Å². The monoisotopic (exact) mass is 526 g/mol. The zero-order valence-corrected chi connectivity index (χ0v) is 21.7. The number of thiazole rings is 1. The maximum absolute atomic E-state index is 13.9. The van der Waals surface area contributed by atoms with E-state index in [0.29, 0.717) is 18.2 Å². The fourth-order valence-electron chi connectivity index (χ4n) is 3.76. The normalized spacial score (nSPS) is 11.7. The summed E-state index contributed by atoms with van der Waals surface area (Å²) < 4.78 is 42.7. The molecule has 7 nitrogen and oxygen atoms in total. The number of hydrogen-bond acceptors (Lipinski definition) is 6. The smallest absolute Gasteiger partial charge is 0.262 e. The summed E-state index contributed by atoms with van der Waals surface area (Å²) in [7, 11) is -4.04. The first-order valence-electron chi connectivity index (χ1n) is 11.6. The van der Waals surface area contributed by atoms with Gasteiger partial charge in [-0.2, -0.15) is 0 Å². The molecule has 0 saturated carbocycles. The van der Waals surface area contributed by atoms with Crippen molar-refractivity contribution in [2.24, 2.45) is 0 Å². The molecule has 0 spiro atoms. The first-order valence-corrected chi connectivity index (χ1v) is 13.9. The van der Waals surface area contributed by atoms with Gasteiger partial charge in [0.1, 0.15) is 5.82 Å². The molecule has 0 saturated heterocycles. The van der Waals surface area contributed by atoms with Crippen LogP contribution in [0.4, 0.5) is 15.2 Å². The topological polar surface area (TPSA) is 82.6 Å². The van der Waals surface area contributed by atoms with Crippen molar-refractivity contribution in [2.45, 2.75) is 18.7 Å². The second-order valence-electron chi connectivity index (χ2n) is 8.05. The quantitative estimate of drug-likeness (QED) is 0.306. The SMILES string of the molecule is CCN(CC)CCN(C(=O)c1ccccc1NS(=O)(=O)c1ccc(F)cc1)c1nc2ccccc2s1. The van der Waals surface area contributed by atoms with E-state index < -0.39 is 15.8 Å². The van der Waals surface area contributed by atoms with Crippen LogP contribution in [0.15, 0.2) is 77.7 Å². The van der Waals surface area contributed by atoms with Crippen LogP contribution in [0.2, 0.25) is 0 Å². The first kappa shape index (κ1) is 25.7. The molecule has 10 heteroatoms. The number of anilines is 2. The number of para-hydroxylation sites is 2. The van der Waals surface area contributed by atoms with Crippen LogP contribution in [0.3, 0.4) is 0 Å². The number of hydrogen-bond donors (Lipinski definition) is 1. The summed E-state index contributed by atoms with van der Waals surface area (Å²) in [4.78, 5) is 22.3. The van der Waals surface area contributed by atoms with Gasteiger partial charge >= 0.3 is 0 Å². The van der Waals surface area contributed by atoms with Crippen molar-refractivity contribution in [2.75, 3.05) is 35.8 Å². The standard InChI is InChI=1S/C26H27FN4O3S2/c1-3-30(4-2)17-18-31(26-28-23-11-7-8-12-24(23)35-26)25(32)21-9-5-6-10-22(21)29-36(33,34)20-15-13-19(27)14-16-20/h5-16,29H,3-4,17-18H2,1-2H3. The Morgan fingerprint density at radius 2 is 1.61 bits per heavy atom. The largest absolute Gasteiger partial charge is 0.302 e. The predicted molar refractivity (Wildman–Crippen MR) is 143 cm³/mol. The maximum atomic E-state index is 13.9. The van der Waals surface area contributed by atoms with E-state index in [1.165, 1.54) is 29.5 Å². The molecule has 0 aliphatic carbocycles. The molecule has 0 fully saturated rings. The molecule has 36 heavy (non-hydrogen) atoms. The van der Waals surface area contributed by atoms with Gasteiger partial charge in [-0.15, -0.1) is 0 Å². The number of carbonyl (C=O) groups is 1. The van der Waals surface area contributed by atoms with Gasteiger partial charge in [0.15, 0.2) is 5.13 Å². The molecule has 1 N–H and O–H groups in total. The molecule has 0 radical (unpaired) electrons. The number of benzene rings is 3. The van der Waals surface area contributed by atoms with Crippen LogP contribution in [-0.2, 0) is 10.0 Å². The summed E-state index contributed by atoms with van der Waals surface area (Å²) in [6.07, 6.45) is 0. The Morgan fingerprint density at radius 1 is 0.944 bits per heavy atom. The lowest BCUT2D eigenvalue weighted by atomic mass is 10.1. The zero-order chi connectivity index (χ0) is 25.7. The number of nitrogens with one attached hydrogen (secondary N) is 1. The van der Waals surface area contributed by atoms with Gasteiger partial charge in [0, 0.05) is 13.1 Å². The van der Waals surface area contributed by atoms with Gasteiger partial charge in [-0.3, -0.25) is 14.4 Å². The van der Waals surface area contributed by atoms with Crippen LogP contribution in [0.25, 0.3) is 10.2 Å². The highest BCUT2D eigenvalue weighted by Crippen LogP contribution is 2.31. The van der Waals surface area contributed by atoms with Crippen molar-refractivity contribution in [1.29, 1.82) is 0 Å². The van der Waals surface area contributed by atoms with Gasteiger partial charge in [-0.05, 0) is 61.6 Å². The predicted octanol–water partition coefficient (Wildman–Crippen LogP) is 5.22. The second-order valence-corrected chi connectivity index (χ2v) is 10.7. The van der Waals surface area contributed by atoms with Gasteiger partial charge in [0.25, 0.3) is 15.9 Å². The Kier molecular flexibility index (Phi) is 7.97. The molecule has 0 unspecified atom stereocenters. The van der Waals surface area contributed by atoms with E-state index in [9.17, 15) is 17.6 Å². The Bertz CT molecular complexity index is 1420. The third-order valence-corrected chi connectivity index (χ3v) is 8.26. The number of aromatic nitrogens is 1. The van der Waals surface area contributed by atoms with Crippen LogP contribution < -0.4 is 9.62 Å². The Morgan fingerprint density at radius 3 is 2.31 bits per heavy atom. The fourth-order valence-corrected chi connectivity index (χ4v) is 5.83. The second kappa shape index (κ2) is 11.2. The average molecular weight is 527 g/mol. The molecule has 1 heterocycles. The maximum Gasteiger partial charge on any atom is 0.262 e. The number of carbonyl (C=O) groups excluding carboxylic acids is 1. The van der Waals surface area contributed by atoms with Crippen LogP contribution in [0, 0.1) is 5.82 Å². The van der Waals surface area contributed by atoms with Crippen molar-refractivity contribution in [1.82, 2.24) is 9.88 Å². The molecule has 0 bridgehead atoms. The minimum Gasteiger partial charge on any atom is -0.302 e. The van der Waals surface area contributed by atoms with Crippen molar-refractivity contribution in [3.63, 3.8) is 0 Å². The third-order valence-electron chi connectivity index (χ3n) is 5.82. The number of fused-ring (bicyclic) bond motifs is 1. The lowest BCUT2D eigenvalue weighted by Gasteiger charge is -2.25. The van der Waals surface area contributed by atoms with Crippen LogP contribution in [-0.4, -0.2) is 50.4 Å². The minimum absolute atomic E-state index is 0.101. The van der Waals surface area contributed by atoms with E-state index >= 15 is 0 Å². The number of sulfonamides is 1. The molecule has 1 amide bonds. The van der Waals surface area contributed by atoms with Crippen molar-refractivity contribution >= 4 is 48.3 Å². The fraction of sp³-hybridized carbons (Fsp3) is 0.231. The molecular formula is C26H27FN4O3S2. The number of likely N-dealkylation sites (N-methyl/N-ethyl adjacent to an activating group) is 1. The van der Waals surface area contributed by atoms with Gasteiger partial charge in [-0.1, -0.05) is 49.4 Å². The zero-order valence-electron chi connectivity index (χ0n) is 20.0. The molecule has 4 rings (SSSR count). The van der Waals surface area contributed by atoms with Crippen molar-refractivity contribution < 1.29 is 17.6 Å². The molecule has 0 atom stereocenters. The molecule has 0 aliphatic rings. The summed E-state index contributed by atoms with van der Waals surface area (Å²) >= 11 is 1.41. The Labute approximate surface area is 214 Å². The van der Waals surface area contributed by atoms with Gasteiger partial charge < -0.3 is 4.90 Å². The summed E-state index contributed by atoms with van der Waals surface area (Å²) in [5.74, 6) is -0.900. The Hall–Kier alpha value is -3.34. The molecule has 3 aromatic carbocycles. The lowest BCUT2D eigenvalue weighted by molar-refractivity contribution is 0.0984. The number of amides is 1. The third kappa shape index (κ3) is 5.72. The van der Waals surface area contributed by atoms with Gasteiger partial charge in [0.05, 0.1) is 26.4 Å². The number of halogens is 1. The van der Waals surface area contributed by atoms with Gasteiger partial charge in [-0.25, -0.2) is 17.8 Å². The van der Waals surface area contributed by atoms with E-state index in [1.807, 2.05) is 24.3 Å². The molecular weight excluding hydrogens is 499 g/mol. The summed E-state index contributed by atoms with van der Waals surface area (Å²) in [5.41, 5.74) is 1.13. The van der Waals surface area contributed by atoms with E-state index in [0.717, 1.165) is 35.4 Å². The first-order chi connectivity index (χ1) is 17.3. The van der Waals surface area contributed by atoms with E-state index in [2.05, 4.69) is 28.5 Å². The molecule has 188 valence electrons. The minimum atomic E-state index is -4.04. The van der Waals surface area contributed by atoms with E-state index in [-0.39, 0.29) is 22.1 Å². The Balaban J connectivity index is 1.69. The number of rotatable bonds is 10. The number of nitrogens with zero attached hydrogens (tertiary/aromatic N) is 3. The molecule has 0 aliphatic heterocycles. The van der Waals surface area contributed by atoms with E-state index in [4.69, 9.17) is 0 Å². The highest BCUT2D eigenvalue weighted by atomic mass is 32.2. The highest BCUT2D eigenvalue weighted by Gasteiger charge is 2.25. The van der Waals surface area contributed by atoms with Crippen LogP contribution >= 0.6 is 11.3 Å². The van der Waals surface area contributed by atoms with Crippen molar-refractivity contribution in [3.8, 4) is 0 Å². The van der Waals surface area contributed by atoms with Crippen LogP contribution in [0.5, 0.6) is 0 Å². The highest BCUT2D eigenvalue weighted by molar-refractivity contribution is 7.92. The average Bonchev–Trinajstić information content (AvgIpc) is 3.30.